The Balaban J connectivity index is 2.01. The molecule has 2 rings (SSSR count). The predicted molar refractivity (Wildman–Crippen MR) is 75.1 cm³/mol. The van der Waals surface area contributed by atoms with E-state index in [4.69, 9.17) is 4.74 Å². The molecule has 0 radical (unpaired) electrons. The van der Waals surface area contributed by atoms with Gasteiger partial charge in [0.15, 0.2) is 0 Å². The number of rotatable bonds is 6. The Kier molecular flexibility index (Phi) is 4.48. The summed E-state index contributed by atoms with van der Waals surface area (Å²) in [6, 6.07) is 1.15. The van der Waals surface area contributed by atoms with Gasteiger partial charge in [0.2, 0.25) is 0 Å². The predicted octanol–water partition coefficient (Wildman–Crippen LogP) is 0.306. The Morgan fingerprint density at radius 3 is 2.68 bits per heavy atom. The molecule has 2 unspecified atom stereocenters. The van der Waals surface area contributed by atoms with E-state index in [0.29, 0.717) is 12.1 Å². The van der Waals surface area contributed by atoms with Crippen LogP contribution in [0, 0.1) is 0 Å². The largest absolute Gasteiger partial charge is 0.468 e. The number of likely N-dealkylation sites (tertiary alicyclic amines) is 1. The number of nitrogens with one attached hydrogen (secondary N) is 1. The van der Waals surface area contributed by atoms with E-state index >= 15 is 0 Å². The molecule has 1 saturated heterocycles. The maximum atomic E-state index is 12.2. The lowest BCUT2D eigenvalue weighted by Gasteiger charge is -2.28. The molecule has 5 heteroatoms. The summed E-state index contributed by atoms with van der Waals surface area (Å²) in [4.78, 5) is 16.8. The second kappa shape index (κ2) is 5.77. The first kappa shape index (κ1) is 14.8. The van der Waals surface area contributed by atoms with Crippen molar-refractivity contribution in [2.45, 2.75) is 43.8 Å². The van der Waals surface area contributed by atoms with Crippen molar-refractivity contribution in [3.63, 3.8) is 0 Å². The van der Waals surface area contributed by atoms with E-state index in [2.05, 4.69) is 22.0 Å². The first-order chi connectivity index (χ1) is 8.98. The lowest BCUT2D eigenvalue weighted by molar-refractivity contribution is -0.148. The molecule has 0 bridgehead atoms. The lowest BCUT2D eigenvalue weighted by Crippen LogP contribution is -2.56. The van der Waals surface area contributed by atoms with Crippen LogP contribution in [-0.2, 0) is 9.53 Å². The van der Waals surface area contributed by atoms with Gasteiger partial charge < -0.3 is 9.64 Å². The number of likely N-dealkylation sites (N-methyl/N-ethyl adjacent to an activating group) is 1. The maximum Gasteiger partial charge on any atom is 0.327 e. The second-order valence-electron chi connectivity index (χ2n) is 6.26. The fraction of sp³-hybridized carbons (Fsp3) is 0.929. The first-order valence-electron chi connectivity index (χ1n) is 7.22. The molecule has 19 heavy (non-hydrogen) atoms. The van der Waals surface area contributed by atoms with Crippen molar-refractivity contribution >= 4 is 5.97 Å². The van der Waals surface area contributed by atoms with Crippen molar-refractivity contribution in [3.05, 3.63) is 0 Å². The van der Waals surface area contributed by atoms with Gasteiger partial charge in [0.05, 0.1) is 7.11 Å². The standard InChI is InChI=1S/C14H27N3O2/c1-11-9-14(13(18)19-4,15-7-8-16(2)3)10-17(11)12-5-6-12/h11-12,15H,5-10H2,1-4H3. The van der Waals surface area contributed by atoms with Gasteiger partial charge in [-0.25, -0.2) is 0 Å². The molecule has 1 saturated carbocycles. The first-order valence-corrected chi connectivity index (χ1v) is 7.22. The van der Waals surface area contributed by atoms with Crippen LogP contribution < -0.4 is 5.32 Å². The molecule has 5 nitrogen and oxygen atoms in total. The van der Waals surface area contributed by atoms with Gasteiger partial charge in [-0.1, -0.05) is 0 Å². The van der Waals surface area contributed by atoms with Gasteiger partial charge in [-0.05, 0) is 40.3 Å². The Labute approximate surface area is 116 Å². The van der Waals surface area contributed by atoms with E-state index in [0.717, 1.165) is 26.1 Å². The van der Waals surface area contributed by atoms with Gasteiger partial charge in [-0.15, -0.1) is 0 Å². The highest BCUT2D eigenvalue weighted by molar-refractivity contribution is 5.81. The van der Waals surface area contributed by atoms with Gasteiger partial charge in [0, 0.05) is 31.7 Å². The Morgan fingerprint density at radius 2 is 2.16 bits per heavy atom. The van der Waals surface area contributed by atoms with E-state index in [1.165, 1.54) is 20.0 Å². The molecule has 1 N–H and O–H groups in total. The summed E-state index contributed by atoms with van der Waals surface area (Å²) in [6.45, 7) is 4.75. The number of ether oxygens (including phenoxy) is 1. The summed E-state index contributed by atoms with van der Waals surface area (Å²) in [5.74, 6) is -0.110. The van der Waals surface area contributed by atoms with Crippen LogP contribution in [0.1, 0.15) is 26.2 Å². The third-order valence-electron chi connectivity index (χ3n) is 4.28. The summed E-state index contributed by atoms with van der Waals surface area (Å²) < 4.78 is 5.05. The zero-order valence-corrected chi connectivity index (χ0v) is 12.6. The molecule has 0 aromatic heterocycles. The molecule has 110 valence electrons. The van der Waals surface area contributed by atoms with Crippen LogP contribution in [0.3, 0.4) is 0 Å². The Hall–Kier alpha value is -0.650. The monoisotopic (exact) mass is 269 g/mol. The van der Waals surface area contributed by atoms with Gasteiger partial charge in [-0.3, -0.25) is 15.0 Å². The third-order valence-corrected chi connectivity index (χ3v) is 4.28. The average molecular weight is 269 g/mol. The molecule has 0 aromatic rings. The maximum absolute atomic E-state index is 12.2. The third kappa shape index (κ3) is 3.27. The Bertz CT molecular complexity index is 331. The van der Waals surface area contributed by atoms with E-state index in [9.17, 15) is 4.79 Å². The van der Waals surface area contributed by atoms with Crippen LogP contribution in [0.15, 0.2) is 0 Å². The molecule has 2 aliphatic rings. The van der Waals surface area contributed by atoms with Crippen LogP contribution in [0.4, 0.5) is 0 Å². The Morgan fingerprint density at radius 1 is 1.47 bits per heavy atom. The molecule has 2 atom stereocenters. The number of carbonyl (C=O) groups excluding carboxylic acids is 1. The van der Waals surface area contributed by atoms with Crippen LogP contribution in [0.25, 0.3) is 0 Å². The summed E-state index contributed by atoms with van der Waals surface area (Å²) in [5.41, 5.74) is -0.507. The van der Waals surface area contributed by atoms with Crippen LogP contribution in [0.5, 0.6) is 0 Å². The van der Waals surface area contributed by atoms with Crippen molar-refractivity contribution < 1.29 is 9.53 Å². The highest BCUT2D eigenvalue weighted by atomic mass is 16.5. The summed E-state index contributed by atoms with van der Waals surface area (Å²) >= 11 is 0. The van der Waals surface area contributed by atoms with Gasteiger partial charge in [-0.2, -0.15) is 0 Å². The molecule has 1 aliphatic carbocycles. The molecular formula is C14H27N3O2. The highest BCUT2D eigenvalue weighted by Gasteiger charge is 2.51. The zero-order valence-electron chi connectivity index (χ0n) is 12.6. The SMILES string of the molecule is COC(=O)C1(NCCN(C)C)CC(C)N(C2CC2)C1. The second-order valence-corrected chi connectivity index (χ2v) is 6.26. The molecule has 2 fully saturated rings. The van der Waals surface area contributed by atoms with Crippen molar-refractivity contribution in [2.75, 3.05) is 40.8 Å². The van der Waals surface area contributed by atoms with E-state index < -0.39 is 5.54 Å². The number of hydrogen-bond donors (Lipinski definition) is 1. The molecule has 0 amide bonds. The number of carbonyl (C=O) groups is 1. The van der Waals surface area contributed by atoms with Crippen molar-refractivity contribution in [3.8, 4) is 0 Å². The zero-order chi connectivity index (χ0) is 14.0. The highest BCUT2D eigenvalue weighted by Crippen LogP contribution is 2.37. The topological polar surface area (TPSA) is 44.8 Å². The van der Waals surface area contributed by atoms with Gasteiger partial charge in [0.1, 0.15) is 5.54 Å². The van der Waals surface area contributed by atoms with Crippen LogP contribution in [0.2, 0.25) is 0 Å². The average Bonchev–Trinajstić information content (AvgIpc) is 3.13. The number of methoxy groups -OCH3 is 1. The summed E-state index contributed by atoms with van der Waals surface area (Å²) in [6.07, 6.45) is 3.40. The molecule has 0 spiro atoms. The normalized spacial score (nSPS) is 31.9. The van der Waals surface area contributed by atoms with E-state index in [1.807, 2.05) is 14.1 Å². The van der Waals surface area contributed by atoms with Crippen molar-refractivity contribution in [1.29, 1.82) is 0 Å². The minimum atomic E-state index is -0.507. The van der Waals surface area contributed by atoms with E-state index in [-0.39, 0.29) is 5.97 Å². The van der Waals surface area contributed by atoms with E-state index in [1.54, 1.807) is 0 Å². The fourth-order valence-electron chi connectivity index (χ4n) is 3.11. The molecule has 1 aliphatic heterocycles. The lowest BCUT2D eigenvalue weighted by atomic mass is 9.96. The number of hydrogen-bond acceptors (Lipinski definition) is 5. The smallest absolute Gasteiger partial charge is 0.327 e. The minimum absolute atomic E-state index is 0.110. The number of esters is 1. The quantitative estimate of drug-likeness (QED) is 0.703. The van der Waals surface area contributed by atoms with Crippen LogP contribution >= 0.6 is 0 Å². The summed E-state index contributed by atoms with van der Waals surface area (Å²) in [7, 11) is 5.57. The van der Waals surface area contributed by atoms with Crippen molar-refractivity contribution in [2.24, 2.45) is 0 Å². The van der Waals surface area contributed by atoms with Crippen molar-refractivity contribution in [1.82, 2.24) is 15.1 Å². The molecular weight excluding hydrogens is 242 g/mol. The molecule has 0 aromatic carbocycles. The summed E-state index contributed by atoms with van der Waals surface area (Å²) in [5, 5.41) is 3.46. The van der Waals surface area contributed by atoms with Gasteiger partial charge in [0.25, 0.3) is 0 Å². The molecule has 1 heterocycles. The number of nitrogens with zero attached hydrogens (tertiary/aromatic N) is 2. The van der Waals surface area contributed by atoms with Gasteiger partial charge >= 0.3 is 5.97 Å². The van der Waals surface area contributed by atoms with Crippen LogP contribution in [-0.4, -0.2) is 74.2 Å². The fourth-order valence-corrected chi connectivity index (χ4v) is 3.11. The minimum Gasteiger partial charge on any atom is -0.468 e.